The predicted octanol–water partition coefficient (Wildman–Crippen LogP) is 2.63. The molecule has 1 heterocycles. The van der Waals surface area contributed by atoms with Crippen LogP contribution in [0.5, 0.6) is 5.75 Å². The molecule has 150 valence electrons. The molecule has 1 saturated heterocycles. The van der Waals surface area contributed by atoms with Crippen molar-refractivity contribution in [3.8, 4) is 5.75 Å². The zero-order chi connectivity index (χ0) is 20.1. The Bertz CT molecular complexity index is 923. The first kappa shape index (κ1) is 20.3. The van der Waals surface area contributed by atoms with Crippen molar-refractivity contribution in [3.05, 3.63) is 59.7 Å². The number of hydrogen-bond acceptors (Lipinski definition) is 6. The number of nitrogens with zero attached hydrogens (tertiary/aromatic N) is 1. The van der Waals surface area contributed by atoms with Crippen LogP contribution in [0.15, 0.2) is 53.4 Å². The van der Waals surface area contributed by atoms with E-state index in [0.717, 1.165) is 5.56 Å². The van der Waals surface area contributed by atoms with Crippen LogP contribution in [0.25, 0.3) is 0 Å². The summed E-state index contributed by atoms with van der Waals surface area (Å²) in [6.45, 7) is 2.94. The zero-order valence-electron chi connectivity index (χ0n) is 15.8. The van der Waals surface area contributed by atoms with Crippen molar-refractivity contribution in [2.75, 3.05) is 33.4 Å². The predicted molar refractivity (Wildman–Crippen MR) is 103 cm³/mol. The van der Waals surface area contributed by atoms with Crippen molar-refractivity contribution >= 4 is 16.0 Å². The highest BCUT2D eigenvalue weighted by Crippen LogP contribution is 2.29. The van der Waals surface area contributed by atoms with E-state index >= 15 is 0 Å². The molecule has 1 aliphatic rings. The molecule has 1 fully saturated rings. The van der Waals surface area contributed by atoms with Gasteiger partial charge in [-0.15, -0.1) is 0 Å². The van der Waals surface area contributed by atoms with Crippen LogP contribution in [-0.4, -0.2) is 52.1 Å². The van der Waals surface area contributed by atoms with Crippen LogP contribution in [0, 0.1) is 0 Å². The summed E-state index contributed by atoms with van der Waals surface area (Å²) in [5, 5.41) is 0. The number of carbonyl (C=O) groups excluding carboxylic acids is 1. The van der Waals surface area contributed by atoms with Gasteiger partial charge in [-0.25, -0.2) is 13.2 Å². The Morgan fingerprint density at radius 3 is 2.43 bits per heavy atom. The van der Waals surface area contributed by atoms with Gasteiger partial charge >= 0.3 is 5.97 Å². The number of carbonyl (C=O) groups is 1. The summed E-state index contributed by atoms with van der Waals surface area (Å²) in [6, 6.07) is 13.6. The standard InChI is InChI=1S/C20H23NO6S/c1-15(16-6-4-3-5-7-16)27-20(22)17-8-9-18(25-2)19(14-17)28(23,24)21-10-12-26-13-11-21/h3-9,14-15H,10-13H2,1-2H3/t15-/m1/s1. The van der Waals surface area contributed by atoms with Gasteiger partial charge in [-0.1, -0.05) is 30.3 Å². The van der Waals surface area contributed by atoms with Gasteiger partial charge in [0.15, 0.2) is 0 Å². The number of morpholine rings is 1. The van der Waals surface area contributed by atoms with E-state index in [4.69, 9.17) is 14.2 Å². The fraction of sp³-hybridized carbons (Fsp3) is 0.350. The zero-order valence-corrected chi connectivity index (χ0v) is 16.6. The van der Waals surface area contributed by atoms with Crippen molar-refractivity contribution in [1.82, 2.24) is 4.31 Å². The molecular formula is C20H23NO6S. The topological polar surface area (TPSA) is 82.1 Å². The lowest BCUT2D eigenvalue weighted by molar-refractivity contribution is 0.0337. The van der Waals surface area contributed by atoms with E-state index in [2.05, 4.69) is 0 Å². The molecule has 0 aromatic heterocycles. The molecule has 0 aliphatic carbocycles. The second-order valence-corrected chi connectivity index (χ2v) is 8.25. The first-order chi connectivity index (χ1) is 13.4. The lowest BCUT2D eigenvalue weighted by Gasteiger charge is -2.26. The van der Waals surface area contributed by atoms with Gasteiger partial charge in [-0.3, -0.25) is 0 Å². The molecule has 0 saturated carbocycles. The van der Waals surface area contributed by atoms with Gasteiger partial charge in [0.1, 0.15) is 16.7 Å². The molecule has 8 heteroatoms. The molecule has 28 heavy (non-hydrogen) atoms. The molecule has 0 N–H and O–H groups in total. The van der Waals surface area contributed by atoms with E-state index in [1.165, 1.54) is 29.6 Å². The van der Waals surface area contributed by atoms with E-state index in [1.54, 1.807) is 6.92 Å². The molecule has 1 aliphatic heterocycles. The molecule has 2 aromatic rings. The van der Waals surface area contributed by atoms with E-state index in [-0.39, 0.29) is 29.3 Å². The summed E-state index contributed by atoms with van der Waals surface area (Å²) in [5.41, 5.74) is 1.00. The van der Waals surface area contributed by atoms with Crippen LogP contribution in [-0.2, 0) is 19.5 Å². The van der Waals surface area contributed by atoms with Crippen LogP contribution in [0.3, 0.4) is 0 Å². The summed E-state index contributed by atoms with van der Waals surface area (Å²) in [6.07, 6.45) is -0.463. The lowest BCUT2D eigenvalue weighted by Crippen LogP contribution is -2.40. The quantitative estimate of drug-likeness (QED) is 0.687. The highest BCUT2D eigenvalue weighted by Gasteiger charge is 2.30. The molecule has 3 rings (SSSR count). The lowest BCUT2D eigenvalue weighted by atomic mass is 10.1. The van der Waals surface area contributed by atoms with Crippen LogP contribution in [0.4, 0.5) is 0 Å². The third kappa shape index (κ3) is 4.35. The highest BCUT2D eigenvalue weighted by atomic mass is 32.2. The minimum absolute atomic E-state index is 0.0567. The first-order valence-corrected chi connectivity index (χ1v) is 10.4. The number of ether oxygens (including phenoxy) is 3. The largest absolute Gasteiger partial charge is 0.495 e. The molecule has 0 bridgehead atoms. The summed E-state index contributed by atoms with van der Waals surface area (Å²) in [5.74, 6) is -0.420. The Hall–Kier alpha value is -2.42. The van der Waals surface area contributed by atoms with Gasteiger partial charge in [0.25, 0.3) is 0 Å². The Kier molecular flexibility index (Phi) is 6.33. The highest BCUT2D eigenvalue weighted by molar-refractivity contribution is 7.89. The summed E-state index contributed by atoms with van der Waals surface area (Å²) in [4.78, 5) is 12.5. The normalized spacial score (nSPS) is 16.4. The van der Waals surface area contributed by atoms with Crippen LogP contribution in [0.2, 0.25) is 0 Å². The minimum Gasteiger partial charge on any atom is -0.495 e. The average molecular weight is 405 g/mol. The van der Waals surface area contributed by atoms with Gasteiger partial charge in [0, 0.05) is 13.1 Å². The van der Waals surface area contributed by atoms with Crippen molar-refractivity contribution in [2.24, 2.45) is 0 Å². The smallest absolute Gasteiger partial charge is 0.338 e. The van der Waals surface area contributed by atoms with Gasteiger partial charge in [-0.2, -0.15) is 4.31 Å². The maximum absolute atomic E-state index is 13.0. The van der Waals surface area contributed by atoms with E-state index in [1.807, 2.05) is 30.3 Å². The Morgan fingerprint density at radius 1 is 1.11 bits per heavy atom. The summed E-state index contributed by atoms with van der Waals surface area (Å²) < 4.78 is 43.3. The second-order valence-electron chi connectivity index (χ2n) is 6.34. The van der Waals surface area contributed by atoms with Gasteiger partial charge < -0.3 is 14.2 Å². The fourth-order valence-electron chi connectivity index (χ4n) is 2.95. The molecule has 7 nitrogen and oxygen atoms in total. The maximum atomic E-state index is 13.0. The number of methoxy groups -OCH3 is 1. The fourth-order valence-corrected chi connectivity index (χ4v) is 4.54. The minimum atomic E-state index is -3.82. The molecule has 0 radical (unpaired) electrons. The van der Waals surface area contributed by atoms with Crippen molar-refractivity contribution in [3.63, 3.8) is 0 Å². The Morgan fingerprint density at radius 2 is 1.79 bits per heavy atom. The molecule has 0 unspecified atom stereocenters. The van der Waals surface area contributed by atoms with Crippen LogP contribution < -0.4 is 4.74 Å². The van der Waals surface area contributed by atoms with E-state index in [9.17, 15) is 13.2 Å². The molecular weight excluding hydrogens is 382 g/mol. The number of benzene rings is 2. The third-order valence-corrected chi connectivity index (χ3v) is 6.46. The maximum Gasteiger partial charge on any atom is 0.338 e. The Labute approximate surface area is 164 Å². The van der Waals surface area contributed by atoms with Crippen LogP contribution >= 0.6 is 0 Å². The number of hydrogen-bond donors (Lipinski definition) is 0. The molecule has 0 spiro atoms. The number of rotatable bonds is 6. The Balaban J connectivity index is 1.87. The number of sulfonamides is 1. The SMILES string of the molecule is COc1ccc(C(=O)O[C@H](C)c2ccccc2)cc1S(=O)(=O)N1CCOCC1. The van der Waals surface area contributed by atoms with Gasteiger partial charge in [0.05, 0.1) is 25.9 Å². The monoisotopic (exact) mass is 405 g/mol. The van der Waals surface area contributed by atoms with E-state index in [0.29, 0.717) is 13.2 Å². The van der Waals surface area contributed by atoms with Crippen LogP contribution in [0.1, 0.15) is 28.9 Å². The van der Waals surface area contributed by atoms with Gasteiger partial charge in [0.2, 0.25) is 10.0 Å². The third-order valence-electron chi connectivity index (χ3n) is 4.54. The molecule has 2 aromatic carbocycles. The second kappa shape index (κ2) is 8.72. The molecule has 0 amide bonds. The number of esters is 1. The van der Waals surface area contributed by atoms with Crippen molar-refractivity contribution < 1.29 is 27.4 Å². The van der Waals surface area contributed by atoms with E-state index < -0.39 is 22.1 Å². The average Bonchev–Trinajstić information content (AvgIpc) is 2.74. The first-order valence-electron chi connectivity index (χ1n) is 8.95. The molecule has 1 atom stereocenters. The summed E-state index contributed by atoms with van der Waals surface area (Å²) >= 11 is 0. The van der Waals surface area contributed by atoms with Crippen molar-refractivity contribution in [2.45, 2.75) is 17.9 Å². The summed E-state index contributed by atoms with van der Waals surface area (Å²) in [7, 11) is -2.43. The van der Waals surface area contributed by atoms with Gasteiger partial charge in [-0.05, 0) is 30.7 Å². The van der Waals surface area contributed by atoms with Crippen molar-refractivity contribution in [1.29, 1.82) is 0 Å².